The average molecular weight is 294 g/mol. The van der Waals surface area contributed by atoms with Crippen LogP contribution in [0.15, 0.2) is 18.3 Å². The minimum atomic E-state index is -0.532. The summed E-state index contributed by atoms with van der Waals surface area (Å²) in [7, 11) is 1.76. The standard InChI is InChI=1S/C15H20F2N4/c1-4-7-18-13(8-11-9-21(3)20-19-11)14-12(16)6-5-10(2)15(14)17/h5-6,9,13,18H,4,7-8H2,1-3H3. The summed E-state index contributed by atoms with van der Waals surface area (Å²) in [6.07, 6.45) is 3.03. The molecule has 0 amide bonds. The first-order valence-corrected chi connectivity index (χ1v) is 7.06. The quantitative estimate of drug-likeness (QED) is 0.890. The van der Waals surface area contributed by atoms with Crippen LogP contribution in [-0.4, -0.2) is 21.5 Å². The molecule has 0 spiro atoms. The minimum Gasteiger partial charge on any atom is -0.309 e. The molecule has 4 nitrogen and oxygen atoms in total. The summed E-state index contributed by atoms with van der Waals surface area (Å²) < 4.78 is 30.0. The molecule has 21 heavy (non-hydrogen) atoms. The van der Waals surface area contributed by atoms with Crippen LogP contribution in [0.4, 0.5) is 8.78 Å². The highest BCUT2D eigenvalue weighted by Gasteiger charge is 2.22. The fraction of sp³-hybridized carbons (Fsp3) is 0.467. The number of nitrogens with one attached hydrogen (secondary N) is 1. The molecule has 2 aromatic rings. The first-order valence-electron chi connectivity index (χ1n) is 7.06. The maximum Gasteiger partial charge on any atom is 0.133 e. The molecule has 1 N–H and O–H groups in total. The number of aryl methyl sites for hydroxylation is 2. The fourth-order valence-electron chi connectivity index (χ4n) is 2.29. The second-order valence-electron chi connectivity index (χ2n) is 5.19. The van der Waals surface area contributed by atoms with Gasteiger partial charge in [0, 0.05) is 31.3 Å². The molecule has 1 unspecified atom stereocenters. The van der Waals surface area contributed by atoms with Crippen molar-refractivity contribution in [3.63, 3.8) is 0 Å². The molecular formula is C15H20F2N4. The molecular weight excluding hydrogens is 274 g/mol. The van der Waals surface area contributed by atoms with E-state index in [4.69, 9.17) is 0 Å². The zero-order valence-corrected chi connectivity index (χ0v) is 12.5. The number of rotatable bonds is 6. The van der Waals surface area contributed by atoms with Gasteiger partial charge in [-0.2, -0.15) is 0 Å². The van der Waals surface area contributed by atoms with Crippen molar-refractivity contribution in [3.05, 3.63) is 46.8 Å². The number of benzene rings is 1. The summed E-state index contributed by atoms with van der Waals surface area (Å²) in [4.78, 5) is 0. The lowest BCUT2D eigenvalue weighted by Gasteiger charge is -2.20. The molecule has 0 aliphatic heterocycles. The predicted molar refractivity (Wildman–Crippen MR) is 76.8 cm³/mol. The second-order valence-corrected chi connectivity index (χ2v) is 5.19. The predicted octanol–water partition coefficient (Wildman–Crippen LogP) is 2.69. The summed E-state index contributed by atoms with van der Waals surface area (Å²) in [6.45, 7) is 4.32. The van der Waals surface area contributed by atoms with E-state index in [9.17, 15) is 8.78 Å². The largest absolute Gasteiger partial charge is 0.309 e. The molecule has 0 radical (unpaired) electrons. The molecule has 0 fully saturated rings. The van der Waals surface area contributed by atoms with E-state index >= 15 is 0 Å². The van der Waals surface area contributed by atoms with E-state index in [-0.39, 0.29) is 5.56 Å². The summed E-state index contributed by atoms with van der Waals surface area (Å²) in [5.41, 5.74) is 1.22. The van der Waals surface area contributed by atoms with Gasteiger partial charge in [0.1, 0.15) is 11.6 Å². The Morgan fingerprint density at radius 1 is 1.33 bits per heavy atom. The van der Waals surface area contributed by atoms with Crippen LogP contribution in [0.5, 0.6) is 0 Å². The topological polar surface area (TPSA) is 42.7 Å². The zero-order valence-electron chi connectivity index (χ0n) is 12.5. The highest BCUT2D eigenvalue weighted by atomic mass is 19.1. The maximum absolute atomic E-state index is 14.3. The smallest absolute Gasteiger partial charge is 0.133 e. The van der Waals surface area contributed by atoms with Gasteiger partial charge in [0.25, 0.3) is 0 Å². The number of aromatic nitrogens is 3. The minimum absolute atomic E-state index is 0.0779. The lowest BCUT2D eigenvalue weighted by atomic mass is 9.98. The van der Waals surface area contributed by atoms with E-state index in [0.29, 0.717) is 24.2 Å². The Morgan fingerprint density at radius 3 is 2.71 bits per heavy atom. The van der Waals surface area contributed by atoms with Crippen LogP contribution < -0.4 is 5.32 Å². The van der Waals surface area contributed by atoms with Crippen molar-refractivity contribution in [2.45, 2.75) is 32.7 Å². The molecule has 0 bridgehead atoms. The van der Waals surface area contributed by atoms with Crippen LogP contribution in [0.25, 0.3) is 0 Å². The Hall–Kier alpha value is -1.82. The van der Waals surface area contributed by atoms with E-state index in [1.165, 1.54) is 12.1 Å². The van der Waals surface area contributed by atoms with Gasteiger partial charge in [0.15, 0.2) is 0 Å². The van der Waals surface area contributed by atoms with Gasteiger partial charge in [-0.15, -0.1) is 5.10 Å². The second kappa shape index (κ2) is 6.76. The van der Waals surface area contributed by atoms with Gasteiger partial charge in [-0.3, -0.25) is 4.68 Å². The third-order valence-corrected chi connectivity index (χ3v) is 3.37. The third-order valence-electron chi connectivity index (χ3n) is 3.37. The first kappa shape index (κ1) is 15.6. The monoisotopic (exact) mass is 294 g/mol. The van der Waals surface area contributed by atoms with Crippen molar-refractivity contribution in [3.8, 4) is 0 Å². The molecule has 2 rings (SSSR count). The molecule has 0 saturated carbocycles. The van der Waals surface area contributed by atoms with Crippen LogP contribution in [0.1, 0.15) is 36.2 Å². The third kappa shape index (κ3) is 3.64. The van der Waals surface area contributed by atoms with Gasteiger partial charge in [-0.25, -0.2) is 8.78 Å². The number of hydrogen-bond donors (Lipinski definition) is 1. The van der Waals surface area contributed by atoms with E-state index in [1.807, 2.05) is 6.92 Å². The van der Waals surface area contributed by atoms with Gasteiger partial charge < -0.3 is 5.32 Å². The Morgan fingerprint density at radius 2 is 2.10 bits per heavy atom. The van der Waals surface area contributed by atoms with E-state index in [1.54, 1.807) is 24.9 Å². The van der Waals surface area contributed by atoms with Crippen molar-refractivity contribution in [1.82, 2.24) is 20.3 Å². The Labute approximate surface area is 123 Å². The molecule has 1 heterocycles. The van der Waals surface area contributed by atoms with Crippen LogP contribution in [0.2, 0.25) is 0 Å². The van der Waals surface area contributed by atoms with Crippen LogP contribution >= 0.6 is 0 Å². The molecule has 1 aromatic heterocycles. The lowest BCUT2D eigenvalue weighted by molar-refractivity contribution is 0.459. The molecule has 0 saturated heterocycles. The summed E-state index contributed by atoms with van der Waals surface area (Å²) in [5.74, 6) is -1.02. The van der Waals surface area contributed by atoms with Crippen molar-refractivity contribution in [1.29, 1.82) is 0 Å². The Kier molecular flexibility index (Phi) is 5.01. The number of hydrogen-bond acceptors (Lipinski definition) is 3. The van der Waals surface area contributed by atoms with E-state index in [2.05, 4.69) is 15.6 Å². The molecule has 1 atom stereocenters. The normalized spacial score (nSPS) is 12.6. The summed E-state index contributed by atoms with van der Waals surface area (Å²) in [5, 5.41) is 11.1. The first-order chi connectivity index (χ1) is 10.0. The highest BCUT2D eigenvalue weighted by molar-refractivity contribution is 5.30. The SMILES string of the molecule is CCCNC(Cc1cn(C)nn1)c1c(F)ccc(C)c1F. The van der Waals surface area contributed by atoms with Crippen molar-refractivity contribution < 1.29 is 8.78 Å². The molecule has 0 aliphatic carbocycles. The Balaban J connectivity index is 2.33. The van der Waals surface area contributed by atoms with Gasteiger partial charge in [0.2, 0.25) is 0 Å². The van der Waals surface area contributed by atoms with E-state index in [0.717, 1.165) is 6.42 Å². The Bertz CT molecular complexity index is 610. The van der Waals surface area contributed by atoms with Gasteiger partial charge in [-0.1, -0.05) is 18.2 Å². The van der Waals surface area contributed by atoms with Crippen LogP contribution in [0.3, 0.4) is 0 Å². The van der Waals surface area contributed by atoms with Crippen LogP contribution in [0, 0.1) is 18.6 Å². The fourth-order valence-corrected chi connectivity index (χ4v) is 2.29. The molecule has 0 aliphatic rings. The molecule has 1 aromatic carbocycles. The average Bonchev–Trinajstić information content (AvgIpc) is 2.86. The molecule has 6 heteroatoms. The number of halogens is 2. The van der Waals surface area contributed by atoms with E-state index < -0.39 is 17.7 Å². The lowest BCUT2D eigenvalue weighted by Crippen LogP contribution is -2.26. The highest BCUT2D eigenvalue weighted by Crippen LogP contribution is 2.25. The van der Waals surface area contributed by atoms with Gasteiger partial charge in [-0.05, 0) is 31.5 Å². The zero-order chi connectivity index (χ0) is 15.4. The summed E-state index contributed by atoms with van der Waals surface area (Å²) >= 11 is 0. The van der Waals surface area contributed by atoms with Crippen molar-refractivity contribution in [2.24, 2.45) is 7.05 Å². The van der Waals surface area contributed by atoms with Crippen molar-refractivity contribution >= 4 is 0 Å². The van der Waals surface area contributed by atoms with Gasteiger partial charge >= 0.3 is 0 Å². The van der Waals surface area contributed by atoms with Gasteiger partial charge in [0.05, 0.1) is 5.69 Å². The number of nitrogens with zero attached hydrogens (tertiary/aromatic N) is 3. The van der Waals surface area contributed by atoms with Crippen molar-refractivity contribution in [2.75, 3.05) is 6.54 Å². The van der Waals surface area contributed by atoms with Crippen LogP contribution in [-0.2, 0) is 13.5 Å². The molecule has 114 valence electrons. The maximum atomic E-state index is 14.3. The summed E-state index contributed by atoms with van der Waals surface area (Å²) in [6, 6.07) is 2.31.